The average molecular weight is 370 g/mol. The van der Waals surface area contributed by atoms with Crippen LogP contribution in [0.3, 0.4) is 0 Å². The van der Waals surface area contributed by atoms with Crippen molar-refractivity contribution < 1.29 is 14.3 Å². The van der Waals surface area contributed by atoms with Crippen LogP contribution in [0.2, 0.25) is 0 Å². The Morgan fingerprint density at radius 2 is 1.40 bits per heavy atom. The van der Waals surface area contributed by atoms with Crippen molar-refractivity contribution in [3.05, 3.63) is 0 Å². The second-order valence-electron chi connectivity index (χ2n) is 7.36. The average Bonchev–Trinajstić information content (AvgIpc) is 2.69. The molecule has 3 aliphatic rings. The molecule has 3 fully saturated rings. The van der Waals surface area contributed by atoms with Gasteiger partial charge < -0.3 is 9.64 Å². The third kappa shape index (κ3) is 5.34. The lowest BCUT2D eigenvalue weighted by atomic mass is 9.88. The van der Waals surface area contributed by atoms with Crippen molar-refractivity contribution in [1.29, 1.82) is 0 Å². The molecular weight excluding hydrogens is 338 g/mol. The summed E-state index contributed by atoms with van der Waals surface area (Å²) in [5, 5.41) is 0. The van der Waals surface area contributed by atoms with Crippen LogP contribution in [0, 0.1) is 0 Å². The van der Waals surface area contributed by atoms with E-state index in [0.717, 1.165) is 38.8 Å². The normalized spacial score (nSPS) is 24.0. The summed E-state index contributed by atoms with van der Waals surface area (Å²) in [4.78, 5) is 27.5. The Morgan fingerprint density at radius 3 is 1.92 bits per heavy atom. The maximum absolute atomic E-state index is 13.0. The zero-order valence-electron chi connectivity index (χ0n) is 15.1. The molecule has 142 valence electrons. The Hall–Kier alpha value is -0.790. The lowest BCUT2D eigenvalue weighted by Crippen LogP contribution is -2.53. The van der Waals surface area contributed by atoms with Crippen LogP contribution >= 0.6 is 12.1 Å². The quantitative estimate of drug-likeness (QED) is 0.609. The van der Waals surface area contributed by atoms with E-state index in [4.69, 9.17) is 4.74 Å². The molecule has 25 heavy (non-hydrogen) atoms. The molecule has 0 aromatic heterocycles. The molecule has 0 unspecified atom stereocenters. The number of carbonyl (C=O) groups excluding carboxylic acids is 2. The monoisotopic (exact) mass is 369 g/mol. The summed E-state index contributed by atoms with van der Waals surface area (Å²) in [6.07, 6.45) is 11.4. The zero-order chi connectivity index (χ0) is 17.5. The smallest absolute Gasteiger partial charge is 0.320 e. The molecule has 1 saturated heterocycles. The molecule has 3 rings (SSSR count). The molecule has 2 saturated carbocycles. The SMILES string of the molecule is O=C(NSN1CCOCC1)C(=O)N(C1CCCCC1)C1CCCCC1. The van der Waals surface area contributed by atoms with Gasteiger partial charge in [-0.3, -0.25) is 14.3 Å². The van der Waals surface area contributed by atoms with Gasteiger partial charge in [0.25, 0.3) is 0 Å². The highest BCUT2D eigenvalue weighted by Gasteiger charge is 2.35. The molecule has 0 aromatic rings. The zero-order valence-corrected chi connectivity index (χ0v) is 15.9. The molecule has 1 aliphatic heterocycles. The van der Waals surface area contributed by atoms with Crippen LogP contribution in [0.5, 0.6) is 0 Å². The number of amides is 2. The summed E-state index contributed by atoms with van der Waals surface area (Å²) >= 11 is 1.25. The second kappa shape index (κ2) is 9.78. The predicted octanol–water partition coefficient (Wildman–Crippen LogP) is 2.49. The fraction of sp³-hybridized carbons (Fsp3) is 0.889. The minimum absolute atomic E-state index is 0.253. The Labute approximate surface area is 155 Å². The Balaban J connectivity index is 1.59. The summed E-state index contributed by atoms with van der Waals surface area (Å²) < 4.78 is 10.1. The molecule has 0 aromatic carbocycles. The Kier molecular flexibility index (Phi) is 7.43. The van der Waals surface area contributed by atoms with E-state index in [9.17, 15) is 9.59 Å². The van der Waals surface area contributed by atoms with E-state index in [-0.39, 0.29) is 18.0 Å². The van der Waals surface area contributed by atoms with E-state index in [1.165, 1.54) is 50.7 Å². The van der Waals surface area contributed by atoms with Crippen molar-refractivity contribution in [3.63, 3.8) is 0 Å². The predicted molar refractivity (Wildman–Crippen MR) is 98.7 cm³/mol. The number of nitrogens with one attached hydrogen (secondary N) is 1. The summed E-state index contributed by atoms with van der Waals surface area (Å²) in [6.45, 7) is 2.89. The van der Waals surface area contributed by atoms with E-state index in [2.05, 4.69) is 4.72 Å². The van der Waals surface area contributed by atoms with Crippen molar-refractivity contribution >= 4 is 23.9 Å². The molecule has 0 bridgehead atoms. The van der Waals surface area contributed by atoms with Crippen LogP contribution in [0.4, 0.5) is 0 Å². The second-order valence-corrected chi connectivity index (χ2v) is 8.26. The van der Waals surface area contributed by atoms with Crippen molar-refractivity contribution in [3.8, 4) is 0 Å². The van der Waals surface area contributed by atoms with Gasteiger partial charge in [-0.1, -0.05) is 38.5 Å². The van der Waals surface area contributed by atoms with Gasteiger partial charge in [0.2, 0.25) is 0 Å². The van der Waals surface area contributed by atoms with E-state index in [1.807, 2.05) is 9.21 Å². The number of morpholine rings is 1. The number of hydrogen-bond acceptors (Lipinski definition) is 5. The molecule has 0 spiro atoms. The summed E-state index contributed by atoms with van der Waals surface area (Å²) in [5.41, 5.74) is 0. The number of rotatable bonds is 4. The van der Waals surface area contributed by atoms with Gasteiger partial charge in [-0.15, -0.1) is 0 Å². The van der Waals surface area contributed by atoms with E-state index < -0.39 is 5.91 Å². The van der Waals surface area contributed by atoms with Crippen LogP contribution in [0.1, 0.15) is 64.2 Å². The first-order valence-corrected chi connectivity index (χ1v) is 10.7. The lowest BCUT2D eigenvalue weighted by molar-refractivity contribution is -0.149. The summed E-state index contributed by atoms with van der Waals surface area (Å²) in [6, 6.07) is 0.506. The van der Waals surface area contributed by atoms with Crippen LogP contribution in [0.25, 0.3) is 0 Å². The maximum atomic E-state index is 13.0. The molecule has 1 N–H and O–H groups in total. The third-order valence-corrected chi connectivity index (χ3v) is 6.50. The number of hydrogen-bond donors (Lipinski definition) is 1. The molecular formula is C18H31N3O3S. The molecule has 2 aliphatic carbocycles. The van der Waals surface area contributed by atoms with E-state index in [1.54, 1.807) is 0 Å². The van der Waals surface area contributed by atoms with Crippen molar-refractivity contribution in [1.82, 2.24) is 13.9 Å². The first-order valence-electron chi connectivity index (χ1n) is 9.88. The molecule has 1 heterocycles. The van der Waals surface area contributed by atoms with Gasteiger partial charge in [-0.05, 0) is 25.7 Å². The minimum atomic E-state index is -0.465. The highest BCUT2D eigenvalue weighted by molar-refractivity contribution is 7.95. The molecule has 0 radical (unpaired) electrons. The van der Waals surface area contributed by atoms with Gasteiger partial charge in [0.15, 0.2) is 0 Å². The van der Waals surface area contributed by atoms with E-state index >= 15 is 0 Å². The molecule has 2 amide bonds. The van der Waals surface area contributed by atoms with Crippen LogP contribution in [0.15, 0.2) is 0 Å². The number of ether oxygens (including phenoxy) is 1. The highest BCUT2D eigenvalue weighted by Crippen LogP contribution is 2.30. The van der Waals surface area contributed by atoms with Crippen LogP contribution in [-0.4, -0.2) is 59.4 Å². The van der Waals surface area contributed by atoms with Gasteiger partial charge in [-0.2, -0.15) is 0 Å². The third-order valence-electron chi connectivity index (χ3n) is 5.60. The first kappa shape index (κ1) is 19.0. The van der Waals surface area contributed by atoms with Gasteiger partial charge in [0.05, 0.1) is 13.2 Å². The fourth-order valence-corrected chi connectivity index (χ4v) is 4.88. The standard InChI is InChI=1S/C18H31N3O3S/c22-17(19-25-20-11-13-24-14-12-20)18(23)21(15-7-3-1-4-8-15)16-9-5-2-6-10-16/h15-16H,1-14H2,(H,19,22). The maximum Gasteiger partial charge on any atom is 0.320 e. The van der Waals surface area contributed by atoms with Crippen molar-refractivity contribution in [2.45, 2.75) is 76.3 Å². The first-order chi connectivity index (χ1) is 12.3. The van der Waals surface area contributed by atoms with E-state index in [0.29, 0.717) is 13.2 Å². The lowest BCUT2D eigenvalue weighted by Gasteiger charge is -2.41. The van der Waals surface area contributed by atoms with Crippen LogP contribution < -0.4 is 4.72 Å². The summed E-state index contributed by atoms with van der Waals surface area (Å²) in [7, 11) is 0. The van der Waals surface area contributed by atoms with Crippen molar-refractivity contribution in [2.75, 3.05) is 26.3 Å². The van der Waals surface area contributed by atoms with Gasteiger partial charge in [0, 0.05) is 37.3 Å². The Morgan fingerprint density at radius 1 is 0.880 bits per heavy atom. The Bertz CT molecular complexity index is 427. The number of nitrogens with zero attached hydrogens (tertiary/aromatic N) is 2. The van der Waals surface area contributed by atoms with Gasteiger partial charge >= 0.3 is 11.8 Å². The molecule has 6 nitrogen and oxygen atoms in total. The topological polar surface area (TPSA) is 61.9 Å². The van der Waals surface area contributed by atoms with Crippen LogP contribution in [-0.2, 0) is 14.3 Å². The van der Waals surface area contributed by atoms with Gasteiger partial charge in [0.1, 0.15) is 0 Å². The van der Waals surface area contributed by atoms with Gasteiger partial charge in [-0.25, -0.2) is 4.31 Å². The highest BCUT2D eigenvalue weighted by atomic mass is 32.2. The van der Waals surface area contributed by atoms with Crippen molar-refractivity contribution in [2.24, 2.45) is 0 Å². The summed E-state index contributed by atoms with van der Waals surface area (Å²) in [5.74, 6) is -0.785. The molecule has 0 atom stereocenters. The number of carbonyl (C=O) groups is 2. The minimum Gasteiger partial charge on any atom is -0.379 e. The fourth-order valence-electron chi connectivity index (χ4n) is 4.25. The molecule has 7 heteroatoms. The largest absolute Gasteiger partial charge is 0.379 e.